The molecule has 0 spiro atoms. The Morgan fingerprint density at radius 2 is 1.61 bits per heavy atom. The second-order valence-corrected chi connectivity index (χ2v) is 8.99. The second-order valence-electron chi connectivity index (χ2n) is 6.39. The van der Waals surface area contributed by atoms with Crippen molar-refractivity contribution in [3.05, 3.63) is 101 Å². The van der Waals surface area contributed by atoms with Gasteiger partial charge in [-0.2, -0.15) is 0 Å². The minimum atomic E-state index is -3.73. The second kappa shape index (κ2) is 7.73. The molecule has 6 heteroatoms. The van der Waals surface area contributed by atoms with Crippen molar-refractivity contribution in [2.45, 2.75) is 11.3 Å². The van der Waals surface area contributed by atoms with Crippen molar-refractivity contribution in [2.75, 3.05) is 4.72 Å². The van der Waals surface area contributed by atoms with Crippen LogP contribution >= 0.6 is 15.9 Å². The summed E-state index contributed by atoms with van der Waals surface area (Å²) >= 11 is 3.34. The number of anilines is 1. The standard InChI is InChI=1S/C22H17BrN2O2S/c23-18-9-11-19(12-10-18)28(26,27)25-22-17(15-16-5-2-1-3-6-16)8-13-21-20(22)7-4-14-24-21/h1-14,25H,15H2. The lowest BCUT2D eigenvalue weighted by Crippen LogP contribution is -2.15. The van der Waals surface area contributed by atoms with Crippen LogP contribution in [0.3, 0.4) is 0 Å². The van der Waals surface area contributed by atoms with Crippen molar-refractivity contribution in [2.24, 2.45) is 0 Å². The maximum absolute atomic E-state index is 13.0. The molecule has 0 radical (unpaired) electrons. The van der Waals surface area contributed by atoms with Crippen LogP contribution in [-0.2, 0) is 16.4 Å². The van der Waals surface area contributed by atoms with Crippen LogP contribution in [0.15, 0.2) is 94.4 Å². The summed E-state index contributed by atoms with van der Waals surface area (Å²) in [5.74, 6) is 0. The third-order valence-electron chi connectivity index (χ3n) is 4.47. The maximum Gasteiger partial charge on any atom is 0.261 e. The van der Waals surface area contributed by atoms with Gasteiger partial charge in [-0.25, -0.2) is 8.42 Å². The minimum absolute atomic E-state index is 0.210. The molecule has 1 aromatic heterocycles. The molecule has 4 nitrogen and oxygen atoms in total. The number of pyridine rings is 1. The number of fused-ring (bicyclic) bond motifs is 1. The van der Waals surface area contributed by atoms with Crippen LogP contribution < -0.4 is 4.72 Å². The van der Waals surface area contributed by atoms with Gasteiger partial charge in [0.2, 0.25) is 0 Å². The molecule has 0 unspecified atom stereocenters. The van der Waals surface area contributed by atoms with Crippen LogP contribution in [-0.4, -0.2) is 13.4 Å². The lowest BCUT2D eigenvalue weighted by molar-refractivity contribution is 0.601. The zero-order valence-corrected chi connectivity index (χ0v) is 17.2. The number of benzene rings is 3. The van der Waals surface area contributed by atoms with Crippen LogP contribution in [0.5, 0.6) is 0 Å². The highest BCUT2D eigenvalue weighted by molar-refractivity contribution is 9.10. The molecule has 0 atom stereocenters. The number of aromatic nitrogens is 1. The predicted octanol–water partition coefficient (Wildman–Crippen LogP) is 5.39. The highest BCUT2D eigenvalue weighted by Gasteiger charge is 2.18. The van der Waals surface area contributed by atoms with Crippen LogP contribution in [0.25, 0.3) is 10.9 Å². The summed E-state index contributed by atoms with van der Waals surface area (Å²) in [7, 11) is -3.73. The Kier molecular flexibility index (Phi) is 5.15. The Balaban J connectivity index is 1.81. The SMILES string of the molecule is O=S(=O)(Nc1c(Cc2ccccc2)ccc2ncccc12)c1ccc(Br)cc1. The van der Waals surface area contributed by atoms with E-state index in [1.54, 1.807) is 30.5 Å². The lowest BCUT2D eigenvalue weighted by Gasteiger charge is -2.15. The molecule has 0 aliphatic rings. The molecule has 0 saturated carbocycles. The van der Waals surface area contributed by atoms with Crippen LogP contribution in [0.1, 0.15) is 11.1 Å². The van der Waals surface area contributed by atoms with Gasteiger partial charge in [0.15, 0.2) is 0 Å². The van der Waals surface area contributed by atoms with E-state index in [2.05, 4.69) is 25.6 Å². The molecule has 0 aliphatic heterocycles. The molecule has 140 valence electrons. The topological polar surface area (TPSA) is 59.1 Å². The molecule has 0 amide bonds. The van der Waals surface area contributed by atoms with Gasteiger partial charge in [0.1, 0.15) is 0 Å². The number of hydrogen-bond donors (Lipinski definition) is 1. The van der Waals surface area contributed by atoms with Gasteiger partial charge in [0.05, 0.1) is 16.1 Å². The molecule has 0 saturated heterocycles. The largest absolute Gasteiger partial charge is 0.279 e. The Morgan fingerprint density at radius 3 is 2.36 bits per heavy atom. The summed E-state index contributed by atoms with van der Waals surface area (Å²) in [6.45, 7) is 0. The number of sulfonamides is 1. The number of nitrogens with one attached hydrogen (secondary N) is 1. The fourth-order valence-corrected chi connectivity index (χ4v) is 4.47. The maximum atomic E-state index is 13.0. The molecular formula is C22H17BrN2O2S. The Bertz CT molecular complexity index is 1220. The van der Waals surface area contributed by atoms with E-state index in [9.17, 15) is 8.42 Å². The Labute approximate surface area is 172 Å². The van der Waals surface area contributed by atoms with E-state index < -0.39 is 10.0 Å². The van der Waals surface area contributed by atoms with Crippen molar-refractivity contribution in [3.63, 3.8) is 0 Å². The van der Waals surface area contributed by atoms with E-state index in [1.165, 1.54) is 0 Å². The molecule has 0 fully saturated rings. The summed E-state index contributed by atoms with van der Waals surface area (Å²) in [6, 6.07) is 24.1. The van der Waals surface area contributed by atoms with Gasteiger partial charge in [0.25, 0.3) is 10.0 Å². The first-order chi connectivity index (χ1) is 13.5. The van der Waals surface area contributed by atoms with E-state index >= 15 is 0 Å². The fraction of sp³-hybridized carbons (Fsp3) is 0.0455. The van der Waals surface area contributed by atoms with Gasteiger partial charge < -0.3 is 0 Å². The minimum Gasteiger partial charge on any atom is -0.279 e. The molecule has 1 N–H and O–H groups in total. The van der Waals surface area contributed by atoms with E-state index in [4.69, 9.17) is 0 Å². The van der Waals surface area contributed by atoms with Crippen LogP contribution in [0.2, 0.25) is 0 Å². The van der Waals surface area contributed by atoms with Crippen LogP contribution in [0.4, 0.5) is 5.69 Å². The first-order valence-electron chi connectivity index (χ1n) is 8.72. The fourth-order valence-electron chi connectivity index (χ4n) is 3.09. The Morgan fingerprint density at radius 1 is 0.857 bits per heavy atom. The normalized spacial score (nSPS) is 11.5. The molecule has 28 heavy (non-hydrogen) atoms. The van der Waals surface area contributed by atoms with Gasteiger partial charge >= 0.3 is 0 Å². The van der Waals surface area contributed by atoms with Crippen molar-refractivity contribution >= 4 is 42.5 Å². The smallest absolute Gasteiger partial charge is 0.261 e. The summed E-state index contributed by atoms with van der Waals surface area (Å²) in [5, 5.41) is 0.775. The highest BCUT2D eigenvalue weighted by Crippen LogP contribution is 2.30. The number of hydrogen-bond acceptors (Lipinski definition) is 3. The first-order valence-corrected chi connectivity index (χ1v) is 11.0. The van der Waals surface area contributed by atoms with Gasteiger partial charge in [-0.3, -0.25) is 9.71 Å². The first kappa shape index (κ1) is 18.7. The van der Waals surface area contributed by atoms with Crippen molar-refractivity contribution in [1.82, 2.24) is 4.98 Å². The Hall–Kier alpha value is -2.70. The molecule has 1 heterocycles. The van der Waals surface area contributed by atoms with E-state index in [0.29, 0.717) is 12.1 Å². The third kappa shape index (κ3) is 3.93. The molecule has 3 aromatic carbocycles. The summed E-state index contributed by atoms with van der Waals surface area (Å²) in [5.41, 5.74) is 3.31. The van der Waals surface area contributed by atoms with Crippen molar-refractivity contribution in [3.8, 4) is 0 Å². The van der Waals surface area contributed by atoms with E-state index in [1.807, 2.05) is 54.6 Å². The van der Waals surface area contributed by atoms with Crippen molar-refractivity contribution in [1.29, 1.82) is 0 Å². The molecule has 0 aliphatic carbocycles. The number of rotatable bonds is 5. The average Bonchev–Trinajstić information content (AvgIpc) is 2.71. The van der Waals surface area contributed by atoms with E-state index in [0.717, 1.165) is 26.5 Å². The van der Waals surface area contributed by atoms with Gasteiger partial charge in [0, 0.05) is 16.1 Å². The van der Waals surface area contributed by atoms with Crippen molar-refractivity contribution < 1.29 is 8.42 Å². The quantitative estimate of drug-likeness (QED) is 0.441. The number of halogens is 1. The zero-order valence-electron chi connectivity index (χ0n) is 14.8. The monoisotopic (exact) mass is 452 g/mol. The summed E-state index contributed by atoms with van der Waals surface area (Å²) in [4.78, 5) is 4.57. The lowest BCUT2D eigenvalue weighted by atomic mass is 10.0. The average molecular weight is 453 g/mol. The summed E-state index contributed by atoms with van der Waals surface area (Å²) < 4.78 is 29.7. The summed E-state index contributed by atoms with van der Waals surface area (Å²) in [6.07, 6.45) is 2.32. The van der Waals surface area contributed by atoms with Gasteiger partial charge in [-0.1, -0.05) is 52.3 Å². The van der Waals surface area contributed by atoms with Gasteiger partial charge in [-0.05, 0) is 60.0 Å². The third-order valence-corrected chi connectivity index (χ3v) is 6.36. The molecular weight excluding hydrogens is 436 g/mol. The van der Waals surface area contributed by atoms with Gasteiger partial charge in [-0.15, -0.1) is 0 Å². The number of nitrogens with zero attached hydrogens (tertiary/aromatic N) is 1. The molecule has 4 rings (SSSR count). The zero-order chi connectivity index (χ0) is 19.6. The molecule has 0 bridgehead atoms. The predicted molar refractivity (Wildman–Crippen MR) is 116 cm³/mol. The molecule has 4 aromatic rings. The van der Waals surface area contributed by atoms with E-state index in [-0.39, 0.29) is 4.90 Å². The highest BCUT2D eigenvalue weighted by atomic mass is 79.9. The van der Waals surface area contributed by atoms with Crippen LogP contribution in [0, 0.1) is 0 Å².